The minimum atomic E-state index is 0.486. The summed E-state index contributed by atoms with van der Waals surface area (Å²) in [5.74, 6) is 0.837. The Hall–Kier alpha value is -1.09. The van der Waals surface area contributed by atoms with Crippen LogP contribution < -0.4 is 10.5 Å². The second-order valence-corrected chi connectivity index (χ2v) is 2.50. The summed E-state index contributed by atoms with van der Waals surface area (Å²) < 4.78 is 5.16. The number of aryl methyl sites for hydroxylation is 1. The zero-order valence-corrected chi connectivity index (χ0v) is 7.50. The Morgan fingerprint density at radius 2 is 2.33 bits per heavy atom. The van der Waals surface area contributed by atoms with Crippen LogP contribution in [-0.2, 0) is 13.0 Å². The van der Waals surface area contributed by atoms with Crippen molar-refractivity contribution in [1.29, 1.82) is 0 Å². The van der Waals surface area contributed by atoms with E-state index in [-0.39, 0.29) is 0 Å². The fourth-order valence-corrected chi connectivity index (χ4v) is 1.23. The molecule has 0 unspecified atom stereocenters. The SMILES string of the molecule is CCc1nccc(OC)c1CN. The van der Waals surface area contributed by atoms with Crippen LogP contribution in [0.5, 0.6) is 5.75 Å². The fraction of sp³-hybridized carbons (Fsp3) is 0.444. The van der Waals surface area contributed by atoms with Crippen molar-refractivity contribution < 1.29 is 4.74 Å². The summed E-state index contributed by atoms with van der Waals surface area (Å²) in [6, 6.07) is 1.83. The van der Waals surface area contributed by atoms with Crippen LogP contribution in [0.4, 0.5) is 0 Å². The Balaban J connectivity index is 3.13. The molecule has 3 heteroatoms. The third-order valence-corrected chi connectivity index (χ3v) is 1.86. The van der Waals surface area contributed by atoms with Crippen molar-refractivity contribution in [2.45, 2.75) is 19.9 Å². The van der Waals surface area contributed by atoms with Crippen molar-refractivity contribution in [2.75, 3.05) is 7.11 Å². The average Bonchev–Trinajstić information content (AvgIpc) is 2.16. The average molecular weight is 166 g/mol. The van der Waals surface area contributed by atoms with E-state index in [9.17, 15) is 0 Å². The predicted octanol–water partition coefficient (Wildman–Crippen LogP) is 1.11. The molecular weight excluding hydrogens is 152 g/mol. The molecule has 0 aliphatic heterocycles. The van der Waals surface area contributed by atoms with Gasteiger partial charge in [-0.1, -0.05) is 6.92 Å². The quantitative estimate of drug-likeness (QED) is 0.731. The summed E-state index contributed by atoms with van der Waals surface area (Å²) >= 11 is 0. The molecule has 0 saturated heterocycles. The van der Waals surface area contributed by atoms with Crippen molar-refractivity contribution in [2.24, 2.45) is 5.73 Å². The maximum Gasteiger partial charge on any atom is 0.126 e. The summed E-state index contributed by atoms with van der Waals surface area (Å²) in [5, 5.41) is 0. The van der Waals surface area contributed by atoms with Crippen LogP contribution >= 0.6 is 0 Å². The molecule has 0 fully saturated rings. The molecule has 12 heavy (non-hydrogen) atoms. The van der Waals surface area contributed by atoms with Gasteiger partial charge in [-0.25, -0.2) is 0 Å². The number of hydrogen-bond acceptors (Lipinski definition) is 3. The molecule has 0 radical (unpaired) electrons. The molecule has 1 heterocycles. The number of nitrogens with zero attached hydrogens (tertiary/aromatic N) is 1. The van der Waals surface area contributed by atoms with Gasteiger partial charge in [0, 0.05) is 24.0 Å². The van der Waals surface area contributed by atoms with E-state index >= 15 is 0 Å². The number of aromatic nitrogens is 1. The Kier molecular flexibility index (Phi) is 3.05. The maximum atomic E-state index is 5.58. The van der Waals surface area contributed by atoms with Crippen molar-refractivity contribution in [3.8, 4) is 5.75 Å². The number of hydrogen-bond donors (Lipinski definition) is 1. The van der Waals surface area contributed by atoms with E-state index in [0.717, 1.165) is 23.4 Å². The van der Waals surface area contributed by atoms with Crippen LogP contribution in [0.1, 0.15) is 18.2 Å². The largest absolute Gasteiger partial charge is 0.496 e. The Morgan fingerprint density at radius 3 is 2.83 bits per heavy atom. The smallest absolute Gasteiger partial charge is 0.126 e. The van der Waals surface area contributed by atoms with Crippen LogP contribution in [0.3, 0.4) is 0 Å². The van der Waals surface area contributed by atoms with Crippen molar-refractivity contribution in [3.05, 3.63) is 23.5 Å². The van der Waals surface area contributed by atoms with Gasteiger partial charge in [-0.05, 0) is 12.5 Å². The van der Waals surface area contributed by atoms with Gasteiger partial charge in [0.15, 0.2) is 0 Å². The first kappa shape index (κ1) is 9.00. The second-order valence-electron chi connectivity index (χ2n) is 2.50. The first-order chi connectivity index (χ1) is 5.83. The summed E-state index contributed by atoms with van der Waals surface area (Å²) in [5.41, 5.74) is 7.62. The van der Waals surface area contributed by atoms with Crippen LogP contribution in [0.2, 0.25) is 0 Å². The minimum absolute atomic E-state index is 0.486. The van der Waals surface area contributed by atoms with Crippen LogP contribution in [0.25, 0.3) is 0 Å². The lowest BCUT2D eigenvalue weighted by Gasteiger charge is -2.09. The zero-order chi connectivity index (χ0) is 8.97. The molecule has 0 aliphatic carbocycles. The van der Waals surface area contributed by atoms with Gasteiger partial charge in [0.1, 0.15) is 5.75 Å². The van der Waals surface area contributed by atoms with Gasteiger partial charge in [-0.15, -0.1) is 0 Å². The van der Waals surface area contributed by atoms with Crippen molar-refractivity contribution in [3.63, 3.8) is 0 Å². The van der Waals surface area contributed by atoms with E-state index in [0.29, 0.717) is 6.54 Å². The van der Waals surface area contributed by atoms with E-state index in [4.69, 9.17) is 10.5 Å². The molecule has 2 N–H and O–H groups in total. The van der Waals surface area contributed by atoms with Crippen LogP contribution in [0, 0.1) is 0 Å². The first-order valence-electron chi connectivity index (χ1n) is 4.04. The highest BCUT2D eigenvalue weighted by Gasteiger charge is 2.05. The van der Waals surface area contributed by atoms with E-state index < -0.39 is 0 Å². The second kappa shape index (κ2) is 4.07. The Morgan fingerprint density at radius 1 is 1.58 bits per heavy atom. The molecule has 3 nitrogen and oxygen atoms in total. The van der Waals surface area contributed by atoms with E-state index in [1.807, 2.05) is 6.07 Å². The van der Waals surface area contributed by atoms with Crippen molar-refractivity contribution in [1.82, 2.24) is 4.98 Å². The monoisotopic (exact) mass is 166 g/mol. The molecule has 0 amide bonds. The summed E-state index contributed by atoms with van der Waals surface area (Å²) in [7, 11) is 1.65. The lowest BCUT2D eigenvalue weighted by molar-refractivity contribution is 0.408. The molecule has 0 aliphatic rings. The molecule has 1 rings (SSSR count). The third-order valence-electron chi connectivity index (χ3n) is 1.86. The zero-order valence-electron chi connectivity index (χ0n) is 7.50. The molecule has 0 atom stereocenters. The highest BCUT2D eigenvalue weighted by Crippen LogP contribution is 2.19. The topological polar surface area (TPSA) is 48.1 Å². The van der Waals surface area contributed by atoms with Gasteiger partial charge in [-0.2, -0.15) is 0 Å². The predicted molar refractivity (Wildman–Crippen MR) is 48.1 cm³/mol. The molecule has 0 spiro atoms. The fourth-order valence-electron chi connectivity index (χ4n) is 1.23. The van der Waals surface area contributed by atoms with Gasteiger partial charge in [0.05, 0.1) is 7.11 Å². The van der Waals surface area contributed by atoms with Crippen LogP contribution in [-0.4, -0.2) is 12.1 Å². The molecule has 66 valence electrons. The van der Waals surface area contributed by atoms with Gasteiger partial charge in [0.2, 0.25) is 0 Å². The Bertz CT molecular complexity index is 238. The van der Waals surface area contributed by atoms with Gasteiger partial charge >= 0.3 is 0 Å². The number of pyridine rings is 1. The number of methoxy groups -OCH3 is 1. The summed E-state index contributed by atoms with van der Waals surface area (Å²) in [6.07, 6.45) is 2.64. The number of rotatable bonds is 3. The molecule has 1 aromatic heterocycles. The van der Waals surface area contributed by atoms with E-state index in [1.165, 1.54) is 0 Å². The van der Waals surface area contributed by atoms with Gasteiger partial charge in [-0.3, -0.25) is 4.98 Å². The van der Waals surface area contributed by atoms with Crippen LogP contribution in [0.15, 0.2) is 12.3 Å². The van der Waals surface area contributed by atoms with Crippen molar-refractivity contribution >= 4 is 0 Å². The van der Waals surface area contributed by atoms with E-state index in [2.05, 4.69) is 11.9 Å². The molecule has 0 bridgehead atoms. The minimum Gasteiger partial charge on any atom is -0.496 e. The standard InChI is InChI=1S/C9H14N2O/c1-3-8-7(6-10)9(12-2)4-5-11-8/h4-5H,3,6,10H2,1-2H3. The normalized spacial score (nSPS) is 9.92. The maximum absolute atomic E-state index is 5.58. The summed E-state index contributed by atoms with van der Waals surface area (Å²) in [4.78, 5) is 4.22. The highest BCUT2D eigenvalue weighted by atomic mass is 16.5. The lowest BCUT2D eigenvalue weighted by atomic mass is 10.1. The number of nitrogens with two attached hydrogens (primary N) is 1. The lowest BCUT2D eigenvalue weighted by Crippen LogP contribution is -2.05. The molecule has 0 saturated carbocycles. The van der Waals surface area contributed by atoms with E-state index in [1.54, 1.807) is 13.3 Å². The first-order valence-corrected chi connectivity index (χ1v) is 4.04. The molecule has 1 aromatic rings. The highest BCUT2D eigenvalue weighted by molar-refractivity contribution is 5.35. The summed E-state index contributed by atoms with van der Waals surface area (Å²) in [6.45, 7) is 2.54. The Labute approximate surface area is 72.6 Å². The third kappa shape index (κ3) is 1.56. The van der Waals surface area contributed by atoms with Gasteiger partial charge in [0.25, 0.3) is 0 Å². The molecule has 0 aromatic carbocycles. The molecular formula is C9H14N2O. The number of ether oxygens (including phenoxy) is 1. The van der Waals surface area contributed by atoms with Gasteiger partial charge < -0.3 is 10.5 Å².